The van der Waals surface area contributed by atoms with Gasteiger partial charge in [0.25, 0.3) is 0 Å². The molecule has 0 heterocycles. The summed E-state index contributed by atoms with van der Waals surface area (Å²) in [6, 6.07) is 15.5. The zero-order valence-corrected chi connectivity index (χ0v) is 20.0. The number of carbonyl (C=O) groups is 3. The third-order valence-corrected chi connectivity index (χ3v) is 6.18. The van der Waals surface area contributed by atoms with E-state index < -0.39 is 18.1 Å². The average molecular weight is 467 g/mol. The fourth-order valence-electron chi connectivity index (χ4n) is 4.50. The Labute approximate surface area is 201 Å². The van der Waals surface area contributed by atoms with Crippen LogP contribution in [0, 0.1) is 0 Å². The third kappa shape index (κ3) is 6.16. The monoisotopic (exact) mass is 466 g/mol. The van der Waals surface area contributed by atoms with Gasteiger partial charge >= 0.3 is 12.1 Å². The molecule has 7 heteroatoms. The van der Waals surface area contributed by atoms with E-state index in [0.29, 0.717) is 19.4 Å². The fourth-order valence-corrected chi connectivity index (χ4v) is 4.50. The number of benzene rings is 2. The minimum Gasteiger partial charge on any atom is -0.481 e. The molecule has 0 aliphatic heterocycles. The second kappa shape index (κ2) is 12.2. The summed E-state index contributed by atoms with van der Waals surface area (Å²) in [5, 5.41) is 11.8. The molecule has 34 heavy (non-hydrogen) atoms. The molecule has 182 valence electrons. The summed E-state index contributed by atoms with van der Waals surface area (Å²) < 4.78 is 5.62. The Morgan fingerprint density at radius 3 is 2.15 bits per heavy atom. The van der Waals surface area contributed by atoms with Gasteiger partial charge in [-0.1, -0.05) is 75.2 Å². The maximum Gasteiger partial charge on any atom is 0.407 e. The Morgan fingerprint density at radius 1 is 0.971 bits per heavy atom. The Bertz CT molecular complexity index is 961. The molecule has 1 aliphatic carbocycles. The highest BCUT2D eigenvalue weighted by molar-refractivity contribution is 5.86. The first-order chi connectivity index (χ1) is 16.5. The predicted octanol–water partition coefficient (Wildman–Crippen LogP) is 4.80. The van der Waals surface area contributed by atoms with Crippen molar-refractivity contribution < 1.29 is 24.2 Å². The molecule has 2 N–H and O–H groups in total. The second-order valence-electron chi connectivity index (χ2n) is 8.63. The zero-order chi connectivity index (χ0) is 24.5. The van der Waals surface area contributed by atoms with Gasteiger partial charge in [0.05, 0.1) is 6.42 Å². The molecule has 0 saturated heterocycles. The molecule has 2 amide bonds. The van der Waals surface area contributed by atoms with Gasteiger partial charge in [0.2, 0.25) is 5.91 Å². The Balaban J connectivity index is 1.67. The molecule has 3 rings (SSSR count). The smallest absolute Gasteiger partial charge is 0.407 e. The summed E-state index contributed by atoms with van der Waals surface area (Å²) in [7, 11) is 0. The third-order valence-electron chi connectivity index (χ3n) is 6.18. The molecular formula is C27H34N2O5. The van der Waals surface area contributed by atoms with Gasteiger partial charge < -0.3 is 20.1 Å². The number of aliphatic carboxylic acids is 1. The van der Waals surface area contributed by atoms with Crippen LogP contribution in [0.2, 0.25) is 0 Å². The number of carboxylic acids is 1. The minimum absolute atomic E-state index is 0.0601. The summed E-state index contributed by atoms with van der Waals surface area (Å²) in [5.74, 6) is -1.27. The SMILES string of the molecule is CCCC[C@H](NC(=O)OCC1c2ccccc2-c2ccccc21)C(=O)N(CCC)CCC(=O)O. The van der Waals surface area contributed by atoms with Gasteiger partial charge in [-0.3, -0.25) is 9.59 Å². The van der Waals surface area contributed by atoms with Gasteiger partial charge in [0.1, 0.15) is 12.6 Å². The summed E-state index contributed by atoms with van der Waals surface area (Å²) >= 11 is 0. The number of nitrogens with zero attached hydrogens (tertiary/aromatic N) is 1. The van der Waals surface area contributed by atoms with Crippen molar-refractivity contribution in [2.75, 3.05) is 19.7 Å². The van der Waals surface area contributed by atoms with Crippen LogP contribution in [0.25, 0.3) is 11.1 Å². The van der Waals surface area contributed by atoms with Crippen LogP contribution in [0.1, 0.15) is 63.0 Å². The van der Waals surface area contributed by atoms with Crippen molar-refractivity contribution in [2.24, 2.45) is 0 Å². The summed E-state index contributed by atoms with van der Waals surface area (Å²) in [6.07, 6.45) is 2.06. The van der Waals surface area contributed by atoms with Crippen LogP contribution < -0.4 is 5.32 Å². The normalized spacial score (nSPS) is 13.0. The Kier molecular flexibility index (Phi) is 9.08. The highest BCUT2D eigenvalue weighted by Crippen LogP contribution is 2.44. The second-order valence-corrected chi connectivity index (χ2v) is 8.63. The lowest BCUT2D eigenvalue weighted by atomic mass is 9.98. The fraction of sp³-hybridized carbons (Fsp3) is 0.444. The van der Waals surface area contributed by atoms with Crippen LogP contribution in [0.3, 0.4) is 0 Å². The van der Waals surface area contributed by atoms with E-state index in [0.717, 1.165) is 35.1 Å². The topological polar surface area (TPSA) is 95.9 Å². The van der Waals surface area contributed by atoms with Gasteiger partial charge in [-0.05, 0) is 35.1 Å². The highest BCUT2D eigenvalue weighted by atomic mass is 16.5. The van der Waals surface area contributed by atoms with E-state index in [2.05, 4.69) is 29.6 Å². The first-order valence-electron chi connectivity index (χ1n) is 12.1. The zero-order valence-electron chi connectivity index (χ0n) is 20.0. The summed E-state index contributed by atoms with van der Waals surface area (Å²) in [4.78, 5) is 38.4. The van der Waals surface area contributed by atoms with E-state index >= 15 is 0 Å². The molecule has 1 aliphatic rings. The lowest BCUT2D eigenvalue weighted by Crippen LogP contribution is -2.49. The number of nitrogens with one attached hydrogen (secondary N) is 1. The molecule has 0 aromatic heterocycles. The van der Waals surface area contributed by atoms with Crippen LogP contribution in [0.4, 0.5) is 4.79 Å². The van der Waals surface area contributed by atoms with Crippen molar-refractivity contribution in [2.45, 2.75) is 57.9 Å². The van der Waals surface area contributed by atoms with E-state index in [1.165, 1.54) is 4.90 Å². The molecule has 0 fully saturated rings. The first-order valence-corrected chi connectivity index (χ1v) is 12.1. The van der Waals surface area contributed by atoms with E-state index in [1.54, 1.807) is 0 Å². The van der Waals surface area contributed by atoms with Gasteiger partial charge in [-0.15, -0.1) is 0 Å². The number of ether oxygens (including phenoxy) is 1. The quantitative estimate of drug-likeness (QED) is 0.469. The number of carbonyl (C=O) groups excluding carboxylic acids is 2. The number of carboxylic acid groups (broad SMARTS) is 1. The summed E-state index contributed by atoms with van der Waals surface area (Å²) in [6.45, 7) is 4.69. The van der Waals surface area contributed by atoms with Crippen LogP contribution in [0.15, 0.2) is 48.5 Å². The van der Waals surface area contributed by atoms with Crippen LogP contribution in [-0.4, -0.2) is 53.7 Å². The number of hydrogen-bond acceptors (Lipinski definition) is 4. The first kappa shape index (κ1) is 25.3. The standard InChI is InChI=1S/C27H34N2O5/c1-3-5-14-24(26(32)29(16-4-2)17-15-25(30)31)28-27(33)34-18-23-21-12-8-6-10-19(21)20-11-7-9-13-22(20)23/h6-13,23-24H,3-5,14-18H2,1-2H3,(H,28,33)(H,30,31)/t24-/m0/s1. The van der Waals surface area contributed by atoms with Crippen molar-refractivity contribution in [3.63, 3.8) is 0 Å². The average Bonchev–Trinajstić information content (AvgIpc) is 3.16. The number of fused-ring (bicyclic) bond motifs is 3. The molecule has 2 aromatic rings. The molecule has 2 aromatic carbocycles. The van der Waals surface area contributed by atoms with Crippen LogP contribution in [0.5, 0.6) is 0 Å². The largest absolute Gasteiger partial charge is 0.481 e. The lowest BCUT2D eigenvalue weighted by Gasteiger charge is -2.27. The predicted molar refractivity (Wildman–Crippen MR) is 131 cm³/mol. The van der Waals surface area contributed by atoms with Gasteiger partial charge in [-0.25, -0.2) is 4.79 Å². The van der Waals surface area contributed by atoms with Gasteiger partial charge in [0.15, 0.2) is 0 Å². The van der Waals surface area contributed by atoms with Crippen molar-refractivity contribution in [3.8, 4) is 11.1 Å². The highest BCUT2D eigenvalue weighted by Gasteiger charge is 2.30. The molecule has 0 unspecified atom stereocenters. The molecule has 7 nitrogen and oxygen atoms in total. The number of amides is 2. The van der Waals surface area contributed by atoms with Crippen LogP contribution >= 0.6 is 0 Å². The molecule has 1 atom stereocenters. The molecule has 0 saturated carbocycles. The number of unbranched alkanes of at least 4 members (excludes halogenated alkanes) is 1. The van der Waals surface area contributed by atoms with E-state index in [-0.39, 0.29) is 31.4 Å². The summed E-state index contributed by atoms with van der Waals surface area (Å²) in [5.41, 5.74) is 4.55. The maximum atomic E-state index is 13.1. The number of alkyl carbamates (subject to hydrolysis) is 1. The Hall–Kier alpha value is -3.35. The van der Waals surface area contributed by atoms with Gasteiger partial charge in [-0.2, -0.15) is 0 Å². The molecule has 0 bridgehead atoms. The number of hydrogen-bond donors (Lipinski definition) is 2. The lowest BCUT2D eigenvalue weighted by molar-refractivity contribution is -0.139. The van der Waals surface area contributed by atoms with Crippen molar-refractivity contribution >= 4 is 18.0 Å². The van der Waals surface area contributed by atoms with E-state index in [1.807, 2.05) is 38.1 Å². The van der Waals surface area contributed by atoms with E-state index in [4.69, 9.17) is 9.84 Å². The molecule has 0 spiro atoms. The van der Waals surface area contributed by atoms with Crippen LogP contribution in [-0.2, 0) is 14.3 Å². The molecular weight excluding hydrogens is 432 g/mol. The number of rotatable bonds is 12. The Morgan fingerprint density at radius 2 is 1.59 bits per heavy atom. The minimum atomic E-state index is -0.955. The van der Waals surface area contributed by atoms with Gasteiger partial charge in [0, 0.05) is 19.0 Å². The van der Waals surface area contributed by atoms with Crippen molar-refractivity contribution in [1.29, 1.82) is 0 Å². The molecule has 0 radical (unpaired) electrons. The van der Waals surface area contributed by atoms with Crippen molar-refractivity contribution in [1.82, 2.24) is 10.2 Å². The van der Waals surface area contributed by atoms with E-state index in [9.17, 15) is 14.4 Å². The van der Waals surface area contributed by atoms with Crippen molar-refractivity contribution in [3.05, 3.63) is 59.7 Å². The maximum absolute atomic E-state index is 13.1.